The number of carbonyl (C=O) groups is 2. The Morgan fingerprint density at radius 3 is 2.57 bits per heavy atom. The predicted molar refractivity (Wildman–Crippen MR) is 111 cm³/mol. The first-order valence-corrected chi connectivity index (χ1v) is 9.81. The summed E-state index contributed by atoms with van der Waals surface area (Å²) in [6.45, 7) is 2.13. The number of hydrogen-bond donors (Lipinski definition) is 1. The highest BCUT2D eigenvalue weighted by Gasteiger charge is 2.29. The Morgan fingerprint density at radius 2 is 1.87 bits per heavy atom. The molecule has 1 N–H and O–H groups in total. The molecule has 4 rings (SSSR count). The Balaban J connectivity index is 1.47. The van der Waals surface area contributed by atoms with Crippen LogP contribution in [-0.4, -0.2) is 35.5 Å². The zero-order valence-corrected chi connectivity index (χ0v) is 16.9. The number of hydrogen-bond acceptors (Lipinski definition) is 4. The molecule has 6 nitrogen and oxygen atoms in total. The predicted octanol–water partition coefficient (Wildman–Crippen LogP) is 4.16. The number of amides is 1. The van der Waals surface area contributed by atoms with Crippen LogP contribution >= 0.6 is 0 Å². The minimum absolute atomic E-state index is 0.0586. The molecule has 154 valence electrons. The lowest BCUT2D eigenvalue weighted by atomic mass is 9.93. The van der Waals surface area contributed by atoms with Crippen molar-refractivity contribution in [1.29, 1.82) is 0 Å². The standard InChI is InChI=1S/C24H23NO5/c1-15-21(24(27)28)12-20(30-15)13-25(2)23(26)19-11-18-10-17(8-9-22(18)29-14-19)16-6-4-3-5-7-16/h3-10,12,19H,11,13-14H2,1-2H3,(H,27,28). The van der Waals surface area contributed by atoms with Gasteiger partial charge >= 0.3 is 5.97 Å². The van der Waals surface area contributed by atoms with Gasteiger partial charge < -0.3 is 19.2 Å². The van der Waals surface area contributed by atoms with E-state index in [1.807, 2.05) is 30.3 Å². The Morgan fingerprint density at radius 1 is 1.10 bits per heavy atom. The first-order chi connectivity index (χ1) is 14.4. The molecule has 1 amide bonds. The number of rotatable bonds is 5. The van der Waals surface area contributed by atoms with Gasteiger partial charge in [0.05, 0.1) is 12.5 Å². The van der Waals surface area contributed by atoms with E-state index in [1.165, 1.54) is 6.07 Å². The molecule has 3 aromatic rings. The van der Waals surface area contributed by atoms with Crippen molar-refractivity contribution in [2.24, 2.45) is 5.92 Å². The Kier molecular flexibility index (Phi) is 5.31. The molecule has 0 bridgehead atoms. The quantitative estimate of drug-likeness (QED) is 0.689. The highest BCUT2D eigenvalue weighted by atomic mass is 16.5. The molecule has 1 aromatic heterocycles. The lowest BCUT2D eigenvalue weighted by Crippen LogP contribution is -2.38. The Labute approximate surface area is 174 Å². The van der Waals surface area contributed by atoms with Crippen molar-refractivity contribution in [3.8, 4) is 16.9 Å². The van der Waals surface area contributed by atoms with Crippen molar-refractivity contribution in [3.05, 3.63) is 77.2 Å². The molecule has 0 saturated carbocycles. The minimum atomic E-state index is -1.04. The maximum absolute atomic E-state index is 13.0. The first-order valence-electron chi connectivity index (χ1n) is 9.81. The van der Waals surface area contributed by atoms with E-state index in [-0.39, 0.29) is 23.9 Å². The van der Waals surface area contributed by atoms with E-state index in [2.05, 4.69) is 18.2 Å². The second kappa shape index (κ2) is 8.06. The minimum Gasteiger partial charge on any atom is -0.492 e. The van der Waals surface area contributed by atoms with Crippen LogP contribution in [0, 0.1) is 12.8 Å². The van der Waals surface area contributed by atoms with Crippen LogP contribution in [0.25, 0.3) is 11.1 Å². The summed E-state index contributed by atoms with van der Waals surface area (Å²) in [5.41, 5.74) is 3.34. The van der Waals surface area contributed by atoms with Gasteiger partial charge in [0, 0.05) is 7.05 Å². The average molecular weight is 405 g/mol. The maximum atomic E-state index is 13.0. The fraction of sp³-hybridized carbons (Fsp3) is 0.250. The Hall–Kier alpha value is -3.54. The molecule has 2 aromatic carbocycles. The topological polar surface area (TPSA) is 80.0 Å². The van der Waals surface area contributed by atoms with Crippen LogP contribution in [-0.2, 0) is 17.8 Å². The molecule has 1 atom stereocenters. The SMILES string of the molecule is Cc1oc(CN(C)C(=O)C2COc3ccc(-c4ccccc4)cc3C2)cc1C(=O)O. The lowest BCUT2D eigenvalue weighted by Gasteiger charge is -2.28. The number of furan rings is 1. The third-order valence-corrected chi connectivity index (χ3v) is 5.39. The molecule has 1 unspecified atom stereocenters. The van der Waals surface area contributed by atoms with Crippen LogP contribution in [0.3, 0.4) is 0 Å². The third-order valence-electron chi connectivity index (χ3n) is 5.39. The van der Waals surface area contributed by atoms with Crippen molar-refractivity contribution < 1.29 is 23.8 Å². The number of carboxylic acids is 1. The number of benzene rings is 2. The van der Waals surface area contributed by atoms with E-state index in [9.17, 15) is 9.59 Å². The molecule has 6 heteroatoms. The van der Waals surface area contributed by atoms with Crippen LogP contribution in [0.4, 0.5) is 0 Å². The fourth-order valence-corrected chi connectivity index (χ4v) is 3.82. The van der Waals surface area contributed by atoms with E-state index < -0.39 is 5.97 Å². The molecular weight excluding hydrogens is 382 g/mol. The number of aryl methyl sites for hydroxylation is 1. The van der Waals surface area contributed by atoms with Gasteiger partial charge in [-0.1, -0.05) is 36.4 Å². The van der Waals surface area contributed by atoms with Gasteiger partial charge in [-0.25, -0.2) is 4.79 Å². The number of carbonyl (C=O) groups excluding carboxylic acids is 1. The molecular formula is C24H23NO5. The van der Waals surface area contributed by atoms with E-state index >= 15 is 0 Å². The second-order valence-electron chi connectivity index (χ2n) is 7.58. The second-order valence-corrected chi connectivity index (χ2v) is 7.58. The smallest absolute Gasteiger partial charge is 0.339 e. The van der Waals surface area contributed by atoms with Crippen LogP contribution in [0.2, 0.25) is 0 Å². The van der Waals surface area contributed by atoms with Gasteiger partial charge in [0.2, 0.25) is 5.91 Å². The summed E-state index contributed by atoms with van der Waals surface area (Å²) >= 11 is 0. The molecule has 0 fully saturated rings. The molecule has 30 heavy (non-hydrogen) atoms. The van der Waals surface area contributed by atoms with Gasteiger partial charge in [0.15, 0.2) is 0 Å². The largest absolute Gasteiger partial charge is 0.492 e. The Bertz CT molecular complexity index is 1090. The van der Waals surface area contributed by atoms with Crippen molar-refractivity contribution in [3.63, 3.8) is 0 Å². The molecule has 2 heterocycles. The number of ether oxygens (including phenoxy) is 1. The molecule has 0 saturated heterocycles. The summed E-state index contributed by atoms with van der Waals surface area (Å²) in [5, 5.41) is 9.17. The van der Waals surface area contributed by atoms with Crippen molar-refractivity contribution in [2.75, 3.05) is 13.7 Å². The van der Waals surface area contributed by atoms with Crippen LogP contribution < -0.4 is 4.74 Å². The van der Waals surface area contributed by atoms with Crippen molar-refractivity contribution in [1.82, 2.24) is 4.90 Å². The monoisotopic (exact) mass is 405 g/mol. The van der Waals surface area contributed by atoms with Crippen LogP contribution in [0.5, 0.6) is 5.75 Å². The van der Waals surface area contributed by atoms with Gasteiger partial charge in [0.25, 0.3) is 0 Å². The summed E-state index contributed by atoms with van der Waals surface area (Å²) in [4.78, 5) is 25.7. The van der Waals surface area contributed by atoms with Crippen molar-refractivity contribution in [2.45, 2.75) is 19.9 Å². The van der Waals surface area contributed by atoms with Gasteiger partial charge in [-0.15, -0.1) is 0 Å². The van der Waals surface area contributed by atoms with Crippen LogP contribution in [0.1, 0.15) is 27.4 Å². The summed E-state index contributed by atoms with van der Waals surface area (Å²) in [5.74, 6) is 0.198. The van der Waals surface area contributed by atoms with Gasteiger partial charge in [0.1, 0.15) is 29.4 Å². The molecule has 1 aliphatic heterocycles. The molecule has 0 aliphatic carbocycles. The number of nitrogens with zero attached hydrogens (tertiary/aromatic N) is 1. The zero-order valence-electron chi connectivity index (χ0n) is 16.9. The van der Waals surface area contributed by atoms with Crippen LogP contribution in [0.15, 0.2) is 59.0 Å². The third kappa shape index (κ3) is 3.94. The highest BCUT2D eigenvalue weighted by molar-refractivity contribution is 5.88. The van der Waals surface area contributed by atoms with E-state index in [4.69, 9.17) is 14.3 Å². The highest BCUT2D eigenvalue weighted by Crippen LogP contribution is 2.32. The summed E-state index contributed by atoms with van der Waals surface area (Å²) in [6, 6.07) is 17.6. The van der Waals surface area contributed by atoms with E-state index in [0.717, 1.165) is 22.4 Å². The van der Waals surface area contributed by atoms with Gasteiger partial charge in [-0.2, -0.15) is 0 Å². The number of aromatic carboxylic acids is 1. The molecule has 0 radical (unpaired) electrons. The molecule has 1 aliphatic rings. The lowest BCUT2D eigenvalue weighted by molar-refractivity contribution is -0.136. The summed E-state index contributed by atoms with van der Waals surface area (Å²) in [6.07, 6.45) is 0.594. The summed E-state index contributed by atoms with van der Waals surface area (Å²) < 4.78 is 11.4. The number of fused-ring (bicyclic) bond motifs is 1. The normalized spacial score (nSPS) is 15.2. The van der Waals surface area contributed by atoms with Gasteiger partial charge in [-0.05, 0) is 48.2 Å². The first kappa shape index (κ1) is 19.8. The molecule has 0 spiro atoms. The van der Waals surface area contributed by atoms with E-state index in [0.29, 0.717) is 24.5 Å². The zero-order chi connectivity index (χ0) is 21.3. The maximum Gasteiger partial charge on any atom is 0.339 e. The van der Waals surface area contributed by atoms with E-state index in [1.54, 1.807) is 18.9 Å². The summed E-state index contributed by atoms with van der Waals surface area (Å²) in [7, 11) is 1.69. The number of carboxylic acid groups (broad SMARTS) is 1. The van der Waals surface area contributed by atoms with Gasteiger partial charge in [-0.3, -0.25) is 4.79 Å². The van der Waals surface area contributed by atoms with Crippen molar-refractivity contribution >= 4 is 11.9 Å². The average Bonchev–Trinajstić information content (AvgIpc) is 3.13. The fourth-order valence-electron chi connectivity index (χ4n) is 3.82.